The Labute approximate surface area is 222 Å². The zero-order valence-corrected chi connectivity index (χ0v) is 21.9. The summed E-state index contributed by atoms with van der Waals surface area (Å²) in [5.41, 5.74) is 9.54. The van der Waals surface area contributed by atoms with Gasteiger partial charge in [-0.25, -0.2) is 0 Å². The van der Waals surface area contributed by atoms with Crippen molar-refractivity contribution in [1.82, 2.24) is 9.80 Å². The molecule has 38 heavy (non-hydrogen) atoms. The van der Waals surface area contributed by atoms with Gasteiger partial charge in [-0.05, 0) is 55.3 Å². The van der Waals surface area contributed by atoms with Crippen LogP contribution in [-0.4, -0.2) is 68.6 Å². The number of ether oxygens (including phenoxy) is 2. The number of rotatable bonds is 10. The average Bonchev–Trinajstić information content (AvgIpc) is 3.55. The van der Waals surface area contributed by atoms with Crippen molar-refractivity contribution < 1.29 is 23.5 Å². The van der Waals surface area contributed by atoms with E-state index in [1.807, 2.05) is 30.3 Å². The van der Waals surface area contributed by atoms with Crippen LogP contribution in [0.25, 0.3) is 0 Å². The number of nitrogens with zero attached hydrogens (tertiary/aromatic N) is 3. The molecule has 0 bridgehead atoms. The van der Waals surface area contributed by atoms with E-state index in [1.54, 1.807) is 38.9 Å². The van der Waals surface area contributed by atoms with E-state index in [-0.39, 0.29) is 11.8 Å². The SMILES string of the molecule is COc1ccc(C(CCCN)N2C(=O)c3cccc(N4CCN(Cc5ccoc5)CC4)c3C2=O)cc1OC. The van der Waals surface area contributed by atoms with Gasteiger partial charge >= 0.3 is 0 Å². The first-order valence-corrected chi connectivity index (χ1v) is 13.0. The van der Waals surface area contributed by atoms with Crippen molar-refractivity contribution in [1.29, 1.82) is 0 Å². The van der Waals surface area contributed by atoms with Gasteiger partial charge in [-0.1, -0.05) is 12.1 Å². The van der Waals surface area contributed by atoms with E-state index in [1.165, 1.54) is 4.90 Å². The van der Waals surface area contributed by atoms with Crippen LogP contribution in [0.5, 0.6) is 11.5 Å². The summed E-state index contributed by atoms with van der Waals surface area (Å²) in [6.07, 6.45) is 4.68. The number of furan rings is 1. The Morgan fingerprint density at radius 3 is 2.45 bits per heavy atom. The molecule has 200 valence electrons. The van der Waals surface area contributed by atoms with Crippen LogP contribution >= 0.6 is 0 Å². The Morgan fingerprint density at radius 1 is 0.974 bits per heavy atom. The summed E-state index contributed by atoms with van der Waals surface area (Å²) < 4.78 is 16.1. The second-order valence-corrected chi connectivity index (χ2v) is 9.64. The van der Waals surface area contributed by atoms with Crippen LogP contribution in [0.15, 0.2) is 59.4 Å². The Kier molecular flexibility index (Phi) is 7.67. The van der Waals surface area contributed by atoms with Gasteiger partial charge < -0.3 is 24.5 Å². The Balaban J connectivity index is 1.41. The van der Waals surface area contributed by atoms with E-state index in [9.17, 15) is 9.59 Å². The second kappa shape index (κ2) is 11.3. The quantitative estimate of drug-likeness (QED) is 0.406. The Hall–Kier alpha value is -3.82. The molecular weight excluding hydrogens is 484 g/mol. The molecule has 1 fully saturated rings. The molecule has 2 aromatic carbocycles. The molecular formula is C29H34N4O5. The number of benzene rings is 2. The molecule has 0 aliphatic carbocycles. The van der Waals surface area contributed by atoms with Gasteiger partial charge in [0.05, 0.1) is 49.6 Å². The monoisotopic (exact) mass is 518 g/mol. The molecule has 1 unspecified atom stereocenters. The van der Waals surface area contributed by atoms with Gasteiger partial charge in [0.15, 0.2) is 11.5 Å². The Morgan fingerprint density at radius 2 is 1.76 bits per heavy atom. The highest BCUT2D eigenvalue weighted by Gasteiger charge is 2.43. The first-order valence-electron chi connectivity index (χ1n) is 13.0. The highest BCUT2D eigenvalue weighted by molar-refractivity contribution is 6.24. The molecule has 9 nitrogen and oxygen atoms in total. The summed E-state index contributed by atoms with van der Waals surface area (Å²) in [4.78, 5) is 33.7. The minimum absolute atomic E-state index is 0.266. The maximum absolute atomic E-state index is 14.0. The molecule has 1 saturated heterocycles. The van der Waals surface area contributed by atoms with E-state index < -0.39 is 6.04 Å². The van der Waals surface area contributed by atoms with E-state index in [0.29, 0.717) is 42.0 Å². The number of methoxy groups -OCH3 is 2. The van der Waals surface area contributed by atoms with Crippen molar-refractivity contribution in [2.45, 2.75) is 25.4 Å². The number of imide groups is 1. The number of anilines is 1. The fraction of sp³-hybridized carbons (Fsp3) is 0.379. The van der Waals surface area contributed by atoms with Crippen molar-refractivity contribution in [2.75, 3.05) is 51.8 Å². The van der Waals surface area contributed by atoms with Crippen LogP contribution in [0.2, 0.25) is 0 Å². The van der Waals surface area contributed by atoms with Gasteiger partial charge in [0.1, 0.15) is 0 Å². The van der Waals surface area contributed by atoms with Crippen LogP contribution in [-0.2, 0) is 6.54 Å². The number of hydrogen-bond acceptors (Lipinski definition) is 8. The number of carbonyl (C=O) groups is 2. The summed E-state index contributed by atoms with van der Waals surface area (Å²) in [5.74, 6) is 0.596. The fourth-order valence-corrected chi connectivity index (χ4v) is 5.44. The van der Waals surface area contributed by atoms with Gasteiger partial charge in [-0.3, -0.25) is 19.4 Å². The minimum atomic E-state index is -0.467. The van der Waals surface area contributed by atoms with Crippen molar-refractivity contribution >= 4 is 17.5 Å². The standard InChI is InChI=1S/C29H34N4O5/c1-36-25-9-8-21(17-26(25)37-2)23(7-4-11-30)33-28(34)22-5-3-6-24(27(22)29(33)35)32-14-12-31(13-15-32)18-20-10-16-38-19-20/h3,5-6,8-10,16-17,19,23H,4,7,11-15,18,30H2,1-2H3. The molecule has 5 rings (SSSR count). The number of hydrogen-bond donors (Lipinski definition) is 1. The summed E-state index contributed by atoms with van der Waals surface area (Å²) in [5, 5.41) is 0. The topological polar surface area (TPSA) is 101 Å². The lowest BCUT2D eigenvalue weighted by Crippen LogP contribution is -2.46. The molecule has 3 aromatic rings. The largest absolute Gasteiger partial charge is 0.493 e. The predicted octanol–water partition coefficient (Wildman–Crippen LogP) is 3.70. The molecule has 1 aromatic heterocycles. The van der Waals surface area contributed by atoms with Crippen LogP contribution < -0.4 is 20.1 Å². The number of nitrogens with two attached hydrogens (primary N) is 1. The first kappa shape index (κ1) is 25.8. The van der Waals surface area contributed by atoms with E-state index in [4.69, 9.17) is 19.6 Å². The number of amides is 2. The molecule has 2 amide bonds. The normalized spacial score (nSPS) is 16.6. The molecule has 0 spiro atoms. The van der Waals surface area contributed by atoms with E-state index >= 15 is 0 Å². The molecule has 9 heteroatoms. The molecule has 1 atom stereocenters. The van der Waals surface area contributed by atoms with Crippen molar-refractivity contribution in [3.05, 3.63) is 77.2 Å². The summed E-state index contributed by atoms with van der Waals surface area (Å²) >= 11 is 0. The van der Waals surface area contributed by atoms with Crippen LogP contribution in [0.4, 0.5) is 5.69 Å². The van der Waals surface area contributed by atoms with Crippen LogP contribution in [0.3, 0.4) is 0 Å². The summed E-state index contributed by atoms with van der Waals surface area (Å²) in [6.45, 7) is 4.53. The van der Waals surface area contributed by atoms with Crippen LogP contribution in [0.1, 0.15) is 50.7 Å². The van der Waals surface area contributed by atoms with E-state index in [2.05, 4.69) is 9.80 Å². The van der Waals surface area contributed by atoms with Gasteiger partial charge in [0, 0.05) is 38.3 Å². The molecule has 0 radical (unpaired) electrons. The average molecular weight is 519 g/mol. The van der Waals surface area contributed by atoms with Gasteiger partial charge in [0.2, 0.25) is 0 Å². The molecule has 2 N–H and O–H groups in total. The minimum Gasteiger partial charge on any atom is -0.493 e. The molecule has 0 saturated carbocycles. The van der Waals surface area contributed by atoms with Crippen molar-refractivity contribution in [3.63, 3.8) is 0 Å². The number of piperazine rings is 1. The first-order chi connectivity index (χ1) is 18.5. The maximum atomic E-state index is 14.0. The smallest absolute Gasteiger partial charge is 0.264 e. The fourth-order valence-electron chi connectivity index (χ4n) is 5.44. The lowest BCUT2D eigenvalue weighted by Gasteiger charge is -2.36. The third-order valence-electron chi connectivity index (χ3n) is 7.41. The second-order valence-electron chi connectivity index (χ2n) is 9.64. The van der Waals surface area contributed by atoms with Crippen LogP contribution in [0, 0.1) is 0 Å². The zero-order valence-electron chi connectivity index (χ0n) is 21.9. The lowest BCUT2D eigenvalue weighted by atomic mass is 9.99. The molecule has 2 aliphatic rings. The van der Waals surface area contributed by atoms with Gasteiger partial charge in [-0.2, -0.15) is 0 Å². The lowest BCUT2D eigenvalue weighted by molar-refractivity contribution is 0.0572. The molecule has 3 heterocycles. The van der Waals surface area contributed by atoms with Gasteiger partial charge in [0.25, 0.3) is 11.8 Å². The molecule has 2 aliphatic heterocycles. The third kappa shape index (κ3) is 4.87. The van der Waals surface area contributed by atoms with Crippen molar-refractivity contribution in [2.24, 2.45) is 5.73 Å². The number of fused-ring (bicyclic) bond motifs is 1. The van der Waals surface area contributed by atoms with Gasteiger partial charge in [-0.15, -0.1) is 0 Å². The summed E-state index contributed by atoms with van der Waals surface area (Å²) in [7, 11) is 3.15. The highest BCUT2D eigenvalue weighted by atomic mass is 16.5. The number of carbonyl (C=O) groups excluding carboxylic acids is 2. The van der Waals surface area contributed by atoms with E-state index in [0.717, 1.165) is 49.5 Å². The summed E-state index contributed by atoms with van der Waals surface area (Å²) in [6, 6.07) is 12.6. The zero-order chi connectivity index (χ0) is 26.6. The predicted molar refractivity (Wildman–Crippen MR) is 144 cm³/mol. The Bertz CT molecular complexity index is 1280. The van der Waals surface area contributed by atoms with Crippen molar-refractivity contribution in [3.8, 4) is 11.5 Å². The highest BCUT2D eigenvalue weighted by Crippen LogP contribution is 2.40. The third-order valence-corrected chi connectivity index (χ3v) is 7.41. The maximum Gasteiger partial charge on any atom is 0.264 e.